The van der Waals surface area contributed by atoms with Crippen LogP contribution in [0.4, 0.5) is 0 Å². The summed E-state index contributed by atoms with van der Waals surface area (Å²) < 4.78 is 32.8. The van der Waals surface area contributed by atoms with Crippen LogP contribution in [0.5, 0.6) is 0 Å². The van der Waals surface area contributed by atoms with E-state index in [2.05, 4.69) is 11.1 Å². The maximum Gasteiger partial charge on any atom is 0.238 e. The third-order valence-corrected chi connectivity index (χ3v) is 7.85. The summed E-state index contributed by atoms with van der Waals surface area (Å²) in [6, 6.07) is 27.0. The molecule has 0 saturated carbocycles. The van der Waals surface area contributed by atoms with Crippen molar-refractivity contribution < 1.29 is 17.9 Å². The number of amides is 1. The molecule has 198 valence electrons. The van der Waals surface area contributed by atoms with Crippen molar-refractivity contribution >= 4 is 32.9 Å². The zero-order valence-electron chi connectivity index (χ0n) is 21.5. The van der Waals surface area contributed by atoms with Crippen molar-refractivity contribution in [3.63, 3.8) is 0 Å². The lowest BCUT2D eigenvalue weighted by molar-refractivity contribution is -0.132. The number of nitrogens with one attached hydrogen (secondary N) is 1. The Morgan fingerprint density at radius 3 is 2.34 bits per heavy atom. The SMILES string of the molecule is COCCN(CC(=O)N(CCc1c[nH]c2ccccc12)Cc1ccccc1)S(=O)(=O)C=Cc1ccccc1. The van der Waals surface area contributed by atoms with Gasteiger partial charge in [0.2, 0.25) is 15.9 Å². The molecule has 8 heteroatoms. The third-order valence-electron chi connectivity index (χ3n) is 6.34. The summed E-state index contributed by atoms with van der Waals surface area (Å²) in [6.45, 7) is 0.824. The van der Waals surface area contributed by atoms with Crippen LogP contribution in [-0.4, -0.2) is 61.9 Å². The fourth-order valence-electron chi connectivity index (χ4n) is 4.24. The monoisotopic (exact) mass is 531 g/mol. The molecular weight excluding hydrogens is 498 g/mol. The van der Waals surface area contributed by atoms with Crippen molar-refractivity contribution in [2.45, 2.75) is 13.0 Å². The Kier molecular flexibility index (Phi) is 9.48. The third kappa shape index (κ3) is 7.41. The van der Waals surface area contributed by atoms with Gasteiger partial charge in [-0.2, -0.15) is 4.31 Å². The molecule has 4 rings (SSSR count). The maximum atomic E-state index is 13.6. The number of para-hydroxylation sites is 1. The average molecular weight is 532 g/mol. The second-order valence-corrected chi connectivity index (χ2v) is 10.8. The molecule has 38 heavy (non-hydrogen) atoms. The summed E-state index contributed by atoms with van der Waals surface area (Å²) in [5.41, 5.74) is 3.90. The molecule has 0 aliphatic rings. The van der Waals surface area contributed by atoms with Crippen LogP contribution in [-0.2, 0) is 32.5 Å². The van der Waals surface area contributed by atoms with E-state index in [9.17, 15) is 13.2 Å². The Balaban J connectivity index is 1.53. The van der Waals surface area contributed by atoms with E-state index in [-0.39, 0.29) is 25.6 Å². The van der Waals surface area contributed by atoms with Gasteiger partial charge in [-0.25, -0.2) is 8.42 Å². The number of sulfonamides is 1. The quantitative estimate of drug-likeness (QED) is 0.271. The molecule has 0 bridgehead atoms. The molecule has 0 atom stereocenters. The van der Waals surface area contributed by atoms with Crippen LogP contribution in [0, 0.1) is 0 Å². The van der Waals surface area contributed by atoms with Crippen molar-refractivity contribution in [1.29, 1.82) is 0 Å². The number of hydrogen-bond acceptors (Lipinski definition) is 4. The lowest BCUT2D eigenvalue weighted by atomic mass is 10.1. The molecule has 0 aliphatic heterocycles. The predicted octanol–water partition coefficient (Wildman–Crippen LogP) is 4.69. The van der Waals surface area contributed by atoms with Crippen molar-refractivity contribution in [2.75, 3.05) is 33.4 Å². The summed E-state index contributed by atoms with van der Waals surface area (Å²) >= 11 is 0. The lowest BCUT2D eigenvalue weighted by Gasteiger charge is -2.27. The smallest absolute Gasteiger partial charge is 0.238 e. The van der Waals surface area contributed by atoms with E-state index >= 15 is 0 Å². The summed E-state index contributed by atoms with van der Waals surface area (Å²) in [5, 5.41) is 2.27. The number of nitrogens with zero attached hydrogens (tertiary/aromatic N) is 2. The van der Waals surface area contributed by atoms with Gasteiger partial charge in [0.25, 0.3) is 0 Å². The van der Waals surface area contributed by atoms with E-state index in [1.165, 1.54) is 11.4 Å². The molecule has 0 aliphatic carbocycles. The number of fused-ring (bicyclic) bond motifs is 1. The number of benzene rings is 3. The zero-order valence-corrected chi connectivity index (χ0v) is 22.3. The summed E-state index contributed by atoms with van der Waals surface area (Å²) in [5.74, 6) is -0.263. The predicted molar refractivity (Wildman–Crippen MR) is 152 cm³/mol. The van der Waals surface area contributed by atoms with Crippen LogP contribution in [0.3, 0.4) is 0 Å². The normalized spacial score (nSPS) is 11.9. The molecule has 0 fully saturated rings. The van der Waals surface area contributed by atoms with Gasteiger partial charge in [-0.15, -0.1) is 0 Å². The van der Waals surface area contributed by atoms with E-state index in [4.69, 9.17) is 4.74 Å². The number of H-pyrrole nitrogens is 1. The second-order valence-electron chi connectivity index (χ2n) is 9.00. The minimum Gasteiger partial charge on any atom is -0.383 e. The molecule has 1 heterocycles. The molecule has 1 amide bonds. The number of hydrogen-bond donors (Lipinski definition) is 1. The largest absolute Gasteiger partial charge is 0.383 e. The Morgan fingerprint density at radius 1 is 0.921 bits per heavy atom. The maximum absolute atomic E-state index is 13.6. The van der Waals surface area contributed by atoms with E-state index < -0.39 is 10.0 Å². The molecule has 3 aromatic carbocycles. The second kappa shape index (κ2) is 13.2. The van der Waals surface area contributed by atoms with Crippen molar-refractivity contribution in [2.24, 2.45) is 0 Å². The van der Waals surface area contributed by atoms with Crippen LogP contribution in [0.25, 0.3) is 17.0 Å². The lowest BCUT2D eigenvalue weighted by Crippen LogP contribution is -2.43. The fourth-order valence-corrected chi connectivity index (χ4v) is 5.37. The molecule has 1 aromatic heterocycles. The highest BCUT2D eigenvalue weighted by atomic mass is 32.2. The summed E-state index contributed by atoms with van der Waals surface area (Å²) in [7, 11) is -2.35. The highest BCUT2D eigenvalue weighted by Crippen LogP contribution is 2.19. The number of methoxy groups -OCH3 is 1. The van der Waals surface area contributed by atoms with Gasteiger partial charge in [-0.05, 0) is 35.3 Å². The molecule has 0 unspecified atom stereocenters. The first-order valence-electron chi connectivity index (χ1n) is 12.5. The van der Waals surface area contributed by atoms with Crippen molar-refractivity contribution in [1.82, 2.24) is 14.2 Å². The van der Waals surface area contributed by atoms with Crippen molar-refractivity contribution in [3.8, 4) is 0 Å². The molecule has 0 spiro atoms. The molecule has 4 aromatic rings. The number of ether oxygens (including phenoxy) is 1. The van der Waals surface area contributed by atoms with E-state index in [1.54, 1.807) is 11.0 Å². The molecule has 7 nitrogen and oxygen atoms in total. The van der Waals surface area contributed by atoms with Crippen LogP contribution in [0.2, 0.25) is 0 Å². The number of aromatic nitrogens is 1. The van der Waals surface area contributed by atoms with Gasteiger partial charge in [0, 0.05) is 49.3 Å². The minimum atomic E-state index is -3.86. The first-order valence-corrected chi connectivity index (χ1v) is 14.1. The van der Waals surface area contributed by atoms with Gasteiger partial charge in [-0.1, -0.05) is 78.9 Å². The van der Waals surface area contributed by atoms with Crippen molar-refractivity contribution in [3.05, 3.63) is 113 Å². The fraction of sp³-hybridized carbons (Fsp3) is 0.233. The van der Waals surface area contributed by atoms with E-state index in [0.717, 1.165) is 33.0 Å². The number of carbonyl (C=O) groups excluding carboxylic acids is 1. The molecular formula is C30H33N3O4S. The Labute approximate surface area is 224 Å². The van der Waals surface area contributed by atoms with Gasteiger partial charge >= 0.3 is 0 Å². The van der Waals surface area contributed by atoms with Crippen LogP contribution < -0.4 is 0 Å². The van der Waals surface area contributed by atoms with Crippen LogP contribution in [0.1, 0.15) is 16.7 Å². The Bertz CT molecular complexity index is 1450. The van der Waals surface area contributed by atoms with Crippen LogP contribution >= 0.6 is 0 Å². The van der Waals surface area contributed by atoms with E-state index in [1.807, 2.05) is 85.1 Å². The van der Waals surface area contributed by atoms with Gasteiger partial charge in [0.05, 0.1) is 13.2 Å². The molecule has 1 N–H and O–H groups in total. The first-order chi connectivity index (χ1) is 18.5. The molecule has 0 saturated heterocycles. The minimum absolute atomic E-state index is 0.0747. The molecule has 0 radical (unpaired) electrons. The zero-order chi connectivity index (χ0) is 26.8. The highest BCUT2D eigenvalue weighted by molar-refractivity contribution is 7.92. The first kappa shape index (κ1) is 27.3. The van der Waals surface area contributed by atoms with Gasteiger partial charge < -0.3 is 14.6 Å². The summed E-state index contributed by atoms with van der Waals surface area (Å²) in [4.78, 5) is 18.6. The standard InChI is InChI=1S/C30H33N3O4S/c1-37-20-19-33(38(35,36)21-17-25-10-4-2-5-11-25)24-30(34)32(23-26-12-6-3-7-13-26)18-16-27-22-31-29-15-9-8-14-28(27)29/h2-15,17,21-22,31H,16,18-20,23-24H2,1H3. The number of rotatable bonds is 13. The number of aromatic amines is 1. The van der Waals surface area contributed by atoms with E-state index in [0.29, 0.717) is 19.5 Å². The Hall–Kier alpha value is -3.72. The van der Waals surface area contributed by atoms with Gasteiger partial charge in [-0.3, -0.25) is 4.79 Å². The average Bonchev–Trinajstić information content (AvgIpc) is 3.36. The Morgan fingerprint density at radius 2 is 1.61 bits per heavy atom. The topological polar surface area (TPSA) is 82.7 Å². The highest BCUT2D eigenvalue weighted by Gasteiger charge is 2.25. The van der Waals surface area contributed by atoms with Gasteiger partial charge in [0.15, 0.2) is 0 Å². The number of carbonyl (C=O) groups is 1. The summed E-state index contributed by atoms with van der Waals surface area (Å²) in [6.07, 6.45) is 4.15. The van der Waals surface area contributed by atoms with Gasteiger partial charge in [0.1, 0.15) is 0 Å². The van der Waals surface area contributed by atoms with Crippen LogP contribution in [0.15, 0.2) is 96.5 Å².